The summed E-state index contributed by atoms with van der Waals surface area (Å²) < 4.78 is 35.0. The topological polar surface area (TPSA) is 72.9 Å². The highest BCUT2D eigenvalue weighted by Crippen LogP contribution is 2.19. The molecule has 1 heterocycles. The third-order valence-corrected chi connectivity index (χ3v) is 5.98. The SMILES string of the molecule is CCCCCCCCCCS(=O)(=O)OC1CCN(C(=O)OC(C)(C)C)CC1. The minimum Gasteiger partial charge on any atom is -0.444 e. The molecule has 1 fully saturated rings. The average molecular weight is 406 g/mol. The zero-order valence-corrected chi connectivity index (χ0v) is 18.5. The molecule has 0 atom stereocenters. The van der Waals surface area contributed by atoms with Crippen molar-refractivity contribution in [3.8, 4) is 0 Å². The van der Waals surface area contributed by atoms with Crippen molar-refractivity contribution in [2.24, 2.45) is 0 Å². The van der Waals surface area contributed by atoms with Crippen molar-refractivity contribution in [1.29, 1.82) is 0 Å². The Hall–Kier alpha value is -0.820. The first-order valence-electron chi connectivity index (χ1n) is 10.5. The lowest BCUT2D eigenvalue weighted by Crippen LogP contribution is -2.43. The summed E-state index contributed by atoms with van der Waals surface area (Å²) in [6, 6.07) is 0. The quantitative estimate of drug-likeness (QED) is 0.362. The van der Waals surface area contributed by atoms with E-state index >= 15 is 0 Å². The number of hydrogen-bond donors (Lipinski definition) is 0. The fourth-order valence-corrected chi connectivity index (χ4v) is 4.39. The van der Waals surface area contributed by atoms with Crippen LogP contribution in [-0.4, -0.2) is 50.0 Å². The Morgan fingerprint density at radius 1 is 0.963 bits per heavy atom. The summed E-state index contributed by atoms with van der Waals surface area (Å²) in [6.45, 7) is 8.63. The van der Waals surface area contributed by atoms with Crippen LogP contribution in [-0.2, 0) is 19.0 Å². The van der Waals surface area contributed by atoms with Gasteiger partial charge in [-0.3, -0.25) is 4.18 Å². The Morgan fingerprint density at radius 3 is 2.00 bits per heavy atom. The number of nitrogens with zero attached hydrogens (tertiary/aromatic N) is 1. The number of ether oxygens (including phenoxy) is 1. The second kappa shape index (κ2) is 11.9. The predicted molar refractivity (Wildman–Crippen MR) is 108 cm³/mol. The third kappa shape index (κ3) is 11.6. The van der Waals surface area contributed by atoms with Crippen LogP contribution in [0.4, 0.5) is 4.79 Å². The normalized spacial score (nSPS) is 16.5. The number of piperidine rings is 1. The molecule has 0 saturated carbocycles. The van der Waals surface area contributed by atoms with E-state index in [1.807, 2.05) is 20.8 Å². The molecule has 7 heteroatoms. The lowest BCUT2D eigenvalue weighted by molar-refractivity contribution is 0.0133. The highest BCUT2D eigenvalue weighted by Gasteiger charge is 2.29. The second-order valence-corrected chi connectivity index (χ2v) is 10.2. The molecule has 0 bridgehead atoms. The van der Waals surface area contributed by atoms with E-state index in [1.54, 1.807) is 4.90 Å². The van der Waals surface area contributed by atoms with E-state index < -0.39 is 15.7 Å². The smallest absolute Gasteiger partial charge is 0.410 e. The van der Waals surface area contributed by atoms with Crippen molar-refractivity contribution in [2.75, 3.05) is 18.8 Å². The minimum atomic E-state index is -3.48. The molecular weight excluding hydrogens is 366 g/mol. The van der Waals surface area contributed by atoms with Crippen LogP contribution in [0.25, 0.3) is 0 Å². The molecule has 0 aromatic carbocycles. The van der Waals surface area contributed by atoms with Crippen LogP contribution >= 0.6 is 0 Å². The molecule has 27 heavy (non-hydrogen) atoms. The van der Waals surface area contributed by atoms with Gasteiger partial charge in [-0.25, -0.2) is 4.79 Å². The van der Waals surface area contributed by atoms with E-state index in [4.69, 9.17) is 8.92 Å². The van der Waals surface area contributed by atoms with Crippen LogP contribution < -0.4 is 0 Å². The Bertz CT molecular complexity index is 519. The first-order valence-corrected chi connectivity index (χ1v) is 12.1. The fraction of sp³-hybridized carbons (Fsp3) is 0.950. The van der Waals surface area contributed by atoms with E-state index in [1.165, 1.54) is 32.1 Å². The molecule has 0 spiro atoms. The second-order valence-electron chi connectivity index (χ2n) is 8.50. The van der Waals surface area contributed by atoms with E-state index in [9.17, 15) is 13.2 Å². The van der Waals surface area contributed by atoms with Crippen molar-refractivity contribution < 1.29 is 22.1 Å². The number of rotatable bonds is 11. The van der Waals surface area contributed by atoms with Gasteiger partial charge in [0.05, 0.1) is 11.9 Å². The Labute approximate surface area is 166 Å². The number of amides is 1. The molecule has 1 aliphatic heterocycles. The molecule has 0 aliphatic carbocycles. The summed E-state index contributed by atoms with van der Waals surface area (Å²) in [6.07, 6.45) is 9.29. The van der Waals surface area contributed by atoms with Crippen molar-refractivity contribution in [2.45, 2.75) is 104 Å². The average Bonchev–Trinajstić information content (AvgIpc) is 2.56. The molecule has 1 saturated heterocycles. The maximum absolute atomic E-state index is 12.1. The summed E-state index contributed by atoms with van der Waals surface area (Å²) in [4.78, 5) is 13.7. The van der Waals surface area contributed by atoms with Gasteiger partial charge >= 0.3 is 6.09 Å². The fourth-order valence-electron chi connectivity index (χ4n) is 3.13. The molecule has 0 radical (unpaired) electrons. The summed E-state index contributed by atoms with van der Waals surface area (Å²) in [7, 11) is -3.48. The van der Waals surface area contributed by atoms with Gasteiger partial charge in [0.2, 0.25) is 0 Å². The maximum atomic E-state index is 12.1. The van der Waals surface area contributed by atoms with E-state index in [0.717, 1.165) is 12.8 Å². The van der Waals surface area contributed by atoms with Gasteiger partial charge in [0.15, 0.2) is 0 Å². The number of carbonyl (C=O) groups is 1. The number of hydrogen-bond acceptors (Lipinski definition) is 5. The Kier molecular flexibility index (Phi) is 10.7. The van der Waals surface area contributed by atoms with E-state index in [2.05, 4.69) is 6.92 Å². The Morgan fingerprint density at radius 2 is 1.48 bits per heavy atom. The molecule has 160 valence electrons. The molecule has 0 aromatic rings. The molecular formula is C20H39NO5S. The monoisotopic (exact) mass is 405 g/mol. The molecule has 0 unspecified atom stereocenters. The van der Waals surface area contributed by atoms with Crippen LogP contribution in [0, 0.1) is 0 Å². The van der Waals surface area contributed by atoms with E-state index in [-0.39, 0.29) is 18.0 Å². The van der Waals surface area contributed by atoms with Gasteiger partial charge in [-0.05, 0) is 40.0 Å². The van der Waals surface area contributed by atoms with Gasteiger partial charge < -0.3 is 9.64 Å². The Balaban J connectivity index is 2.19. The summed E-state index contributed by atoms with van der Waals surface area (Å²) >= 11 is 0. The third-order valence-electron chi connectivity index (χ3n) is 4.62. The number of likely N-dealkylation sites (tertiary alicyclic amines) is 1. The predicted octanol–water partition coefficient (Wildman–Crippen LogP) is 4.87. The van der Waals surface area contributed by atoms with Crippen LogP contribution in [0.3, 0.4) is 0 Å². The minimum absolute atomic E-state index is 0.0915. The first kappa shape index (κ1) is 24.2. The molecule has 6 nitrogen and oxygen atoms in total. The van der Waals surface area contributed by atoms with Crippen molar-refractivity contribution in [3.63, 3.8) is 0 Å². The van der Waals surface area contributed by atoms with Crippen LogP contribution in [0.2, 0.25) is 0 Å². The van der Waals surface area contributed by atoms with Gasteiger partial charge in [0, 0.05) is 13.1 Å². The standard InChI is InChI=1S/C20H39NO5S/c1-5-6-7-8-9-10-11-12-17-27(23,24)26-18-13-15-21(16-14-18)19(22)25-20(2,3)4/h18H,5-17H2,1-4H3. The zero-order valence-electron chi connectivity index (χ0n) is 17.7. The van der Waals surface area contributed by atoms with Gasteiger partial charge in [0.25, 0.3) is 10.1 Å². The van der Waals surface area contributed by atoms with Gasteiger partial charge in [-0.2, -0.15) is 8.42 Å². The van der Waals surface area contributed by atoms with Gasteiger partial charge in [-0.15, -0.1) is 0 Å². The zero-order chi connectivity index (χ0) is 20.3. The lowest BCUT2D eigenvalue weighted by atomic mass is 10.1. The van der Waals surface area contributed by atoms with Crippen LogP contribution in [0.15, 0.2) is 0 Å². The van der Waals surface area contributed by atoms with Crippen LogP contribution in [0.1, 0.15) is 91.9 Å². The molecule has 0 N–H and O–H groups in total. The van der Waals surface area contributed by atoms with Gasteiger partial charge in [-0.1, -0.05) is 51.9 Å². The highest BCUT2D eigenvalue weighted by atomic mass is 32.2. The van der Waals surface area contributed by atoms with Gasteiger partial charge in [0.1, 0.15) is 5.60 Å². The largest absolute Gasteiger partial charge is 0.444 e. The summed E-state index contributed by atoms with van der Waals surface area (Å²) in [5, 5.41) is 0. The first-order chi connectivity index (χ1) is 12.6. The van der Waals surface area contributed by atoms with E-state index in [0.29, 0.717) is 32.4 Å². The van der Waals surface area contributed by atoms with Crippen molar-refractivity contribution in [3.05, 3.63) is 0 Å². The maximum Gasteiger partial charge on any atom is 0.410 e. The summed E-state index contributed by atoms with van der Waals surface area (Å²) in [5.74, 6) is 0.0915. The summed E-state index contributed by atoms with van der Waals surface area (Å²) in [5.41, 5.74) is -0.524. The van der Waals surface area contributed by atoms with Crippen molar-refractivity contribution in [1.82, 2.24) is 4.90 Å². The van der Waals surface area contributed by atoms with Crippen molar-refractivity contribution >= 4 is 16.2 Å². The molecule has 0 aromatic heterocycles. The lowest BCUT2D eigenvalue weighted by Gasteiger charge is -2.33. The highest BCUT2D eigenvalue weighted by molar-refractivity contribution is 7.86. The molecule has 1 aliphatic rings. The number of carbonyl (C=O) groups excluding carboxylic acids is 1. The molecule has 1 amide bonds. The molecule has 1 rings (SSSR count). The number of unbranched alkanes of at least 4 members (excludes halogenated alkanes) is 7. The van der Waals surface area contributed by atoms with Crippen LogP contribution in [0.5, 0.6) is 0 Å².